The summed E-state index contributed by atoms with van der Waals surface area (Å²) in [5, 5.41) is 19.8. The number of hydrogen-bond acceptors (Lipinski definition) is 4. The van der Waals surface area contributed by atoms with Gasteiger partial charge in [-0.2, -0.15) is 0 Å². The Hall–Kier alpha value is -1.96. The van der Waals surface area contributed by atoms with Crippen molar-refractivity contribution in [3.05, 3.63) is 23.5 Å². The molecular weight excluding hydrogens is 253 g/mol. The molecule has 0 spiro atoms. The third-order valence-electron chi connectivity index (χ3n) is 2.16. The van der Waals surface area contributed by atoms with Gasteiger partial charge in [0.25, 0.3) is 6.43 Å². The number of carboxylic acid groups (broad SMARTS) is 1. The van der Waals surface area contributed by atoms with Gasteiger partial charge in [0.1, 0.15) is 11.9 Å². The van der Waals surface area contributed by atoms with E-state index in [0.29, 0.717) is 0 Å². The maximum atomic E-state index is 13.3. The number of anilines is 2. The maximum Gasteiger partial charge on any atom is 0.338 e. The fourth-order valence-corrected chi connectivity index (χ4v) is 1.21. The van der Waals surface area contributed by atoms with Crippen LogP contribution in [0, 0.1) is 5.82 Å². The molecule has 1 aromatic rings. The van der Waals surface area contributed by atoms with Crippen molar-refractivity contribution >= 4 is 17.3 Å². The number of alkyl halides is 2. The highest BCUT2D eigenvalue weighted by atomic mass is 19.3. The van der Waals surface area contributed by atoms with Crippen LogP contribution < -0.4 is 11.1 Å². The van der Waals surface area contributed by atoms with Crippen LogP contribution in [0.2, 0.25) is 0 Å². The monoisotopic (exact) mass is 264 g/mol. The smallest absolute Gasteiger partial charge is 0.338 e. The van der Waals surface area contributed by atoms with Gasteiger partial charge < -0.3 is 21.3 Å². The van der Waals surface area contributed by atoms with Crippen molar-refractivity contribution in [2.24, 2.45) is 0 Å². The van der Waals surface area contributed by atoms with Gasteiger partial charge in [-0.25, -0.2) is 18.0 Å². The lowest BCUT2D eigenvalue weighted by atomic mass is 10.1. The Bertz CT molecular complexity index is 454. The highest BCUT2D eigenvalue weighted by Gasteiger charge is 2.18. The van der Waals surface area contributed by atoms with Crippen LogP contribution in [0.5, 0.6) is 0 Å². The lowest BCUT2D eigenvalue weighted by Gasteiger charge is -2.14. The second kappa shape index (κ2) is 5.58. The van der Waals surface area contributed by atoms with E-state index in [-0.39, 0.29) is 11.4 Å². The van der Waals surface area contributed by atoms with Crippen molar-refractivity contribution in [3.8, 4) is 0 Å². The molecule has 0 aromatic heterocycles. The molecule has 0 heterocycles. The van der Waals surface area contributed by atoms with E-state index in [1.807, 2.05) is 0 Å². The molecule has 1 atom stereocenters. The van der Waals surface area contributed by atoms with Gasteiger partial charge in [0.15, 0.2) is 0 Å². The molecule has 0 aliphatic rings. The standard InChI is InChI=1S/C10H11F3N2O3/c11-5-2-7(15-3-8(16)9(12)13)6(14)1-4(5)10(17)18/h1-2,8-9,15-16H,3,14H2,(H,17,18). The molecule has 0 amide bonds. The first-order chi connectivity index (χ1) is 8.32. The number of nitrogens with one attached hydrogen (secondary N) is 1. The zero-order valence-electron chi connectivity index (χ0n) is 9.03. The fourth-order valence-electron chi connectivity index (χ4n) is 1.21. The SMILES string of the molecule is Nc1cc(C(=O)O)c(F)cc1NCC(O)C(F)F. The van der Waals surface area contributed by atoms with E-state index >= 15 is 0 Å². The van der Waals surface area contributed by atoms with Crippen molar-refractivity contribution in [3.63, 3.8) is 0 Å². The van der Waals surface area contributed by atoms with Crippen LogP contribution >= 0.6 is 0 Å². The third-order valence-corrected chi connectivity index (χ3v) is 2.16. The molecule has 0 bridgehead atoms. The number of benzene rings is 1. The number of hydrogen-bond donors (Lipinski definition) is 4. The molecule has 18 heavy (non-hydrogen) atoms. The first-order valence-electron chi connectivity index (χ1n) is 4.85. The molecule has 0 saturated heterocycles. The Morgan fingerprint density at radius 2 is 2.06 bits per heavy atom. The molecule has 5 N–H and O–H groups in total. The van der Waals surface area contributed by atoms with Crippen LogP contribution in [0.1, 0.15) is 10.4 Å². The Morgan fingerprint density at radius 3 is 2.56 bits per heavy atom. The molecular formula is C10H11F3N2O3. The van der Waals surface area contributed by atoms with Crippen LogP contribution in [-0.2, 0) is 0 Å². The van der Waals surface area contributed by atoms with E-state index in [9.17, 15) is 18.0 Å². The number of halogens is 3. The minimum absolute atomic E-state index is 0.0581. The molecule has 100 valence electrons. The summed E-state index contributed by atoms with van der Waals surface area (Å²) in [6.07, 6.45) is -4.87. The number of aliphatic hydroxyl groups excluding tert-OH is 1. The highest BCUT2D eigenvalue weighted by molar-refractivity contribution is 5.90. The van der Waals surface area contributed by atoms with Crippen molar-refractivity contribution < 1.29 is 28.2 Å². The van der Waals surface area contributed by atoms with E-state index in [4.69, 9.17) is 15.9 Å². The van der Waals surface area contributed by atoms with Gasteiger partial charge in [-0.1, -0.05) is 0 Å². The van der Waals surface area contributed by atoms with Crippen LogP contribution in [0.25, 0.3) is 0 Å². The van der Waals surface area contributed by atoms with Crippen LogP contribution in [0.3, 0.4) is 0 Å². The number of rotatable bonds is 5. The van der Waals surface area contributed by atoms with E-state index in [1.54, 1.807) is 0 Å². The molecule has 0 aliphatic carbocycles. The minimum atomic E-state index is -2.94. The normalized spacial score (nSPS) is 12.5. The number of carbonyl (C=O) groups is 1. The number of aromatic carboxylic acids is 1. The van der Waals surface area contributed by atoms with Gasteiger partial charge >= 0.3 is 5.97 Å². The lowest BCUT2D eigenvalue weighted by Crippen LogP contribution is -2.27. The molecule has 1 aromatic carbocycles. The predicted molar refractivity (Wildman–Crippen MR) is 58.3 cm³/mol. The predicted octanol–water partition coefficient (Wildman–Crippen LogP) is 1.14. The van der Waals surface area contributed by atoms with Crippen molar-refractivity contribution in [1.82, 2.24) is 0 Å². The maximum absolute atomic E-state index is 13.3. The zero-order chi connectivity index (χ0) is 13.9. The largest absolute Gasteiger partial charge is 0.478 e. The topological polar surface area (TPSA) is 95.6 Å². The van der Waals surface area contributed by atoms with Crippen LogP contribution in [0.4, 0.5) is 24.5 Å². The van der Waals surface area contributed by atoms with E-state index in [0.717, 1.165) is 12.1 Å². The number of aliphatic hydroxyl groups is 1. The van der Waals surface area contributed by atoms with Gasteiger partial charge in [-0.3, -0.25) is 0 Å². The second-order valence-corrected chi connectivity index (χ2v) is 3.51. The second-order valence-electron chi connectivity index (χ2n) is 3.51. The summed E-state index contributed by atoms with van der Waals surface area (Å²) in [6, 6.07) is 1.64. The van der Waals surface area contributed by atoms with Crippen molar-refractivity contribution in [1.29, 1.82) is 0 Å². The van der Waals surface area contributed by atoms with Crippen molar-refractivity contribution in [2.45, 2.75) is 12.5 Å². The van der Waals surface area contributed by atoms with E-state index < -0.39 is 36.4 Å². The van der Waals surface area contributed by atoms with Crippen molar-refractivity contribution in [2.75, 3.05) is 17.6 Å². The van der Waals surface area contributed by atoms with Gasteiger partial charge in [0.2, 0.25) is 0 Å². The summed E-state index contributed by atoms with van der Waals surface area (Å²) in [5.74, 6) is -2.54. The van der Waals surface area contributed by atoms with Gasteiger partial charge in [0, 0.05) is 6.54 Å². The quantitative estimate of drug-likeness (QED) is 0.598. The summed E-state index contributed by atoms with van der Waals surface area (Å²) in [4.78, 5) is 10.6. The Balaban J connectivity index is 2.85. The van der Waals surface area contributed by atoms with E-state index in [1.165, 1.54) is 0 Å². The van der Waals surface area contributed by atoms with Gasteiger partial charge in [-0.15, -0.1) is 0 Å². The molecule has 1 unspecified atom stereocenters. The highest BCUT2D eigenvalue weighted by Crippen LogP contribution is 2.23. The number of nitrogens with two attached hydrogens (primary N) is 1. The summed E-state index contributed by atoms with van der Waals surface area (Å²) >= 11 is 0. The fraction of sp³-hybridized carbons (Fsp3) is 0.300. The third kappa shape index (κ3) is 3.27. The van der Waals surface area contributed by atoms with Crippen LogP contribution in [0.15, 0.2) is 12.1 Å². The average molecular weight is 264 g/mol. The molecule has 0 saturated carbocycles. The van der Waals surface area contributed by atoms with E-state index in [2.05, 4.69) is 5.32 Å². The molecule has 5 nitrogen and oxygen atoms in total. The molecule has 8 heteroatoms. The molecule has 0 fully saturated rings. The minimum Gasteiger partial charge on any atom is -0.478 e. The van der Waals surface area contributed by atoms with Gasteiger partial charge in [-0.05, 0) is 12.1 Å². The average Bonchev–Trinajstić information content (AvgIpc) is 2.28. The zero-order valence-corrected chi connectivity index (χ0v) is 9.03. The molecule has 0 aliphatic heterocycles. The number of nitrogen functional groups attached to an aromatic ring is 1. The van der Waals surface area contributed by atoms with Crippen LogP contribution in [-0.4, -0.2) is 35.3 Å². The summed E-state index contributed by atoms with van der Waals surface area (Å²) in [7, 11) is 0. The Morgan fingerprint density at radius 1 is 1.44 bits per heavy atom. The molecule has 0 radical (unpaired) electrons. The Labute approximate surface area is 100 Å². The van der Waals surface area contributed by atoms with Gasteiger partial charge in [0.05, 0.1) is 16.9 Å². The first-order valence-corrected chi connectivity index (χ1v) is 4.85. The summed E-state index contributed by atoms with van der Waals surface area (Å²) in [5.41, 5.74) is 4.64. The Kier molecular flexibility index (Phi) is 4.38. The lowest BCUT2D eigenvalue weighted by molar-refractivity contribution is 0.00385. The molecule has 1 rings (SSSR count). The summed E-state index contributed by atoms with van der Waals surface area (Å²) in [6.45, 7) is -0.534. The number of carboxylic acids is 1. The summed E-state index contributed by atoms with van der Waals surface area (Å²) < 4.78 is 37.3. The first kappa shape index (κ1) is 14.1.